The van der Waals surface area contributed by atoms with Gasteiger partial charge in [-0.05, 0) is 17.9 Å². The van der Waals surface area contributed by atoms with Crippen LogP contribution in [0, 0.1) is 0 Å². The van der Waals surface area contributed by atoms with E-state index < -0.39 is 17.9 Å². The predicted molar refractivity (Wildman–Crippen MR) is 78.2 cm³/mol. The van der Waals surface area contributed by atoms with E-state index in [4.69, 9.17) is 9.63 Å². The highest BCUT2D eigenvalue weighted by atomic mass is 32.1. The van der Waals surface area contributed by atoms with Gasteiger partial charge in [0.05, 0.1) is 4.88 Å². The van der Waals surface area contributed by atoms with E-state index in [0.717, 1.165) is 17.7 Å². The molecule has 6 nitrogen and oxygen atoms in total. The van der Waals surface area contributed by atoms with Crippen molar-refractivity contribution < 1.29 is 19.2 Å². The molecule has 0 saturated carbocycles. The number of aliphatic carboxylic acids is 1. The Morgan fingerprint density at radius 3 is 2.95 bits per heavy atom. The number of unbranched alkanes of at least 4 members (excludes halogenated alkanes) is 1. The fourth-order valence-electron chi connectivity index (χ4n) is 1.81. The van der Waals surface area contributed by atoms with Crippen LogP contribution in [0.15, 0.2) is 28.1 Å². The maximum absolute atomic E-state index is 12.0. The molecule has 0 spiro atoms. The summed E-state index contributed by atoms with van der Waals surface area (Å²) in [6.07, 6.45) is 2.00. The molecular weight excluding hydrogens is 292 g/mol. The molecule has 0 aliphatic carbocycles. The molecule has 7 heteroatoms. The lowest BCUT2D eigenvalue weighted by Gasteiger charge is -2.12. The molecule has 1 amide bonds. The molecule has 0 aromatic carbocycles. The zero-order valence-electron chi connectivity index (χ0n) is 11.5. The predicted octanol–water partition coefficient (Wildman–Crippen LogP) is 2.78. The Morgan fingerprint density at radius 2 is 2.33 bits per heavy atom. The molecule has 2 rings (SSSR count). The largest absolute Gasteiger partial charge is 0.480 e. The standard InChI is InChI=1S/C14H16N2O4S/c1-2-3-5-9(14(18)19)15-13(17)10-8-11(20-16-10)12-6-4-7-21-12/h4,6-9H,2-3,5H2,1H3,(H,15,17)(H,18,19)/t9-/m0/s1. The number of carbonyl (C=O) groups excluding carboxylic acids is 1. The first-order valence-electron chi connectivity index (χ1n) is 6.66. The molecule has 0 unspecified atom stereocenters. The van der Waals surface area contributed by atoms with E-state index in [1.54, 1.807) is 0 Å². The molecule has 2 N–H and O–H groups in total. The van der Waals surface area contributed by atoms with Gasteiger partial charge in [0.1, 0.15) is 6.04 Å². The summed E-state index contributed by atoms with van der Waals surface area (Å²) in [5.41, 5.74) is 0.0844. The van der Waals surface area contributed by atoms with E-state index in [0.29, 0.717) is 12.2 Å². The Bertz CT molecular complexity index is 606. The zero-order chi connectivity index (χ0) is 15.2. The van der Waals surface area contributed by atoms with Crippen molar-refractivity contribution >= 4 is 23.2 Å². The quantitative estimate of drug-likeness (QED) is 0.820. The fraction of sp³-hybridized carbons (Fsp3) is 0.357. The molecule has 0 bridgehead atoms. The number of amides is 1. The van der Waals surface area contributed by atoms with Crippen LogP contribution in [0.3, 0.4) is 0 Å². The minimum atomic E-state index is -1.04. The van der Waals surface area contributed by atoms with Crippen molar-refractivity contribution in [1.82, 2.24) is 10.5 Å². The van der Waals surface area contributed by atoms with Crippen LogP contribution >= 0.6 is 11.3 Å². The first-order chi connectivity index (χ1) is 10.1. The third-order valence-corrected chi connectivity index (χ3v) is 3.84. The number of carbonyl (C=O) groups is 2. The highest BCUT2D eigenvalue weighted by Crippen LogP contribution is 2.25. The Balaban J connectivity index is 2.04. The summed E-state index contributed by atoms with van der Waals surface area (Å²) in [4.78, 5) is 24.0. The number of aromatic nitrogens is 1. The van der Waals surface area contributed by atoms with Gasteiger partial charge in [0.2, 0.25) is 0 Å². The summed E-state index contributed by atoms with van der Waals surface area (Å²) in [5.74, 6) is -1.08. The number of nitrogens with one attached hydrogen (secondary N) is 1. The van der Waals surface area contributed by atoms with Crippen LogP contribution in [0.4, 0.5) is 0 Å². The molecule has 2 aromatic heterocycles. The first-order valence-corrected chi connectivity index (χ1v) is 7.54. The van der Waals surface area contributed by atoms with Crippen molar-refractivity contribution in [3.63, 3.8) is 0 Å². The molecule has 21 heavy (non-hydrogen) atoms. The van der Waals surface area contributed by atoms with Crippen LogP contribution in [-0.4, -0.2) is 28.2 Å². The van der Waals surface area contributed by atoms with Crippen LogP contribution in [0.1, 0.15) is 36.7 Å². The van der Waals surface area contributed by atoms with E-state index >= 15 is 0 Å². The Kier molecular flexibility index (Phi) is 5.10. The maximum atomic E-state index is 12.0. The first kappa shape index (κ1) is 15.2. The molecule has 0 saturated heterocycles. The van der Waals surface area contributed by atoms with Crippen molar-refractivity contribution in [1.29, 1.82) is 0 Å². The average molecular weight is 308 g/mol. The second-order valence-corrected chi connectivity index (χ2v) is 5.51. The van der Waals surface area contributed by atoms with Crippen LogP contribution in [-0.2, 0) is 4.79 Å². The number of hydrogen-bond donors (Lipinski definition) is 2. The number of hydrogen-bond acceptors (Lipinski definition) is 5. The lowest BCUT2D eigenvalue weighted by molar-refractivity contribution is -0.139. The lowest BCUT2D eigenvalue weighted by atomic mass is 10.1. The van der Waals surface area contributed by atoms with Gasteiger partial charge in [-0.15, -0.1) is 11.3 Å². The minimum absolute atomic E-state index is 0.0844. The summed E-state index contributed by atoms with van der Waals surface area (Å²) in [6.45, 7) is 1.96. The van der Waals surface area contributed by atoms with Crippen molar-refractivity contribution in [3.05, 3.63) is 29.3 Å². The smallest absolute Gasteiger partial charge is 0.326 e. The van der Waals surface area contributed by atoms with Gasteiger partial charge in [-0.3, -0.25) is 4.79 Å². The maximum Gasteiger partial charge on any atom is 0.326 e. The van der Waals surface area contributed by atoms with Gasteiger partial charge in [0.25, 0.3) is 5.91 Å². The molecule has 112 valence electrons. The molecule has 0 radical (unpaired) electrons. The highest BCUT2D eigenvalue weighted by Gasteiger charge is 2.22. The Hall–Kier alpha value is -2.15. The van der Waals surface area contributed by atoms with Gasteiger partial charge >= 0.3 is 5.97 Å². The van der Waals surface area contributed by atoms with Crippen molar-refractivity contribution in [3.8, 4) is 10.6 Å². The topological polar surface area (TPSA) is 92.4 Å². The van der Waals surface area contributed by atoms with Gasteiger partial charge in [-0.2, -0.15) is 0 Å². The van der Waals surface area contributed by atoms with E-state index in [2.05, 4.69) is 10.5 Å². The second kappa shape index (κ2) is 7.03. The number of carboxylic acids is 1. The molecule has 1 atom stereocenters. The van der Waals surface area contributed by atoms with Crippen LogP contribution in [0.5, 0.6) is 0 Å². The molecule has 0 fully saturated rings. The van der Waals surface area contributed by atoms with Crippen LogP contribution in [0.2, 0.25) is 0 Å². The van der Waals surface area contributed by atoms with Gasteiger partial charge in [-0.25, -0.2) is 4.79 Å². The summed E-state index contributed by atoms with van der Waals surface area (Å²) < 4.78 is 5.11. The van der Waals surface area contributed by atoms with Crippen molar-refractivity contribution in [2.75, 3.05) is 0 Å². The van der Waals surface area contributed by atoms with Crippen LogP contribution in [0.25, 0.3) is 10.6 Å². The van der Waals surface area contributed by atoms with Gasteiger partial charge in [0, 0.05) is 6.07 Å². The summed E-state index contributed by atoms with van der Waals surface area (Å²) >= 11 is 1.47. The van der Waals surface area contributed by atoms with E-state index in [1.165, 1.54) is 17.4 Å². The Morgan fingerprint density at radius 1 is 1.52 bits per heavy atom. The third kappa shape index (κ3) is 3.91. The zero-order valence-corrected chi connectivity index (χ0v) is 12.4. The summed E-state index contributed by atoms with van der Waals surface area (Å²) in [7, 11) is 0. The van der Waals surface area contributed by atoms with E-state index in [9.17, 15) is 9.59 Å². The summed E-state index contributed by atoms with van der Waals surface area (Å²) in [5, 5.41) is 17.1. The molecular formula is C14H16N2O4S. The van der Waals surface area contributed by atoms with Gasteiger partial charge in [-0.1, -0.05) is 31.0 Å². The van der Waals surface area contributed by atoms with Gasteiger partial charge in [0.15, 0.2) is 11.5 Å². The molecule has 2 heterocycles. The molecule has 0 aliphatic heterocycles. The van der Waals surface area contributed by atoms with Crippen molar-refractivity contribution in [2.45, 2.75) is 32.2 Å². The van der Waals surface area contributed by atoms with Crippen LogP contribution < -0.4 is 5.32 Å². The SMILES string of the molecule is CCCC[C@H](NC(=O)c1cc(-c2cccs2)on1)C(=O)O. The molecule has 2 aromatic rings. The number of thiophene rings is 1. The number of nitrogens with zero attached hydrogens (tertiary/aromatic N) is 1. The van der Waals surface area contributed by atoms with E-state index in [-0.39, 0.29) is 5.69 Å². The summed E-state index contributed by atoms with van der Waals surface area (Å²) in [6, 6.07) is 4.33. The number of carboxylic acid groups (broad SMARTS) is 1. The Labute approximate surface area is 125 Å². The van der Waals surface area contributed by atoms with E-state index in [1.807, 2.05) is 24.4 Å². The van der Waals surface area contributed by atoms with Crippen molar-refractivity contribution in [2.24, 2.45) is 0 Å². The fourth-order valence-corrected chi connectivity index (χ4v) is 2.49. The van der Waals surface area contributed by atoms with Gasteiger partial charge < -0.3 is 14.9 Å². The monoisotopic (exact) mass is 308 g/mol. The average Bonchev–Trinajstić information content (AvgIpc) is 3.12. The third-order valence-electron chi connectivity index (χ3n) is 2.96. The minimum Gasteiger partial charge on any atom is -0.480 e. The highest BCUT2D eigenvalue weighted by molar-refractivity contribution is 7.13. The molecule has 0 aliphatic rings. The lowest BCUT2D eigenvalue weighted by Crippen LogP contribution is -2.40. The normalized spacial score (nSPS) is 12.0. The second-order valence-electron chi connectivity index (χ2n) is 4.56. The number of rotatable bonds is 7.